The standard InChI is InChI=1S/C12H19NO4S2/c1-8-7-18-11(6-14)12(8)19(15,16)13(3)10-4-5-17-9(10)2/h7,9-10,14H,4-6H2,1-3H3. The molecule has 1 aliphatic heterocycles. The number of hydrogen-bond donors (Lipinski definition) is 1. The molecular weight excluding hydrogens is 286 g/mol. The molecule has 7 heteroatoms. The van der Waals surface area contributed by atoms with Crippen molar-refractivity contribution in [2.45, 2.75) is 43.9 Å². The number of aliphatic hydroxyl groups is 1. The van der Waals surface area contributed by atoms with Crippen molar-refractivity contribution in [3.63, 3.8) is 0 Å². The first kappa shape index (κ1) is 14.9. The van der Waals surface area contributed by atoms with E-state index in [-0.39, 0.29) is 23.6 Å². The molecule has 1 fully saturated rings. The Balaban J connectivity index is 2.39. The minimum absolute atomic E-state index is 0.101. The van der Waals surface area contributed by atoms with Crippen molar-refractivity contribution in [1.82, 2.24) is 4.31 Å². The molecule has 0 amide bonds. The topological polar surface area (TPSA) is 66.8 Å². The molecule has 1 aliphatic rings. The molecule has 1 aromatic heterocycles. The lowest BCUT2D eigenvalue weighted by Crippen LogP contribution is -2.41. The van der Waals surface area contributed by atoms with Gasteiger partial charge < -0.3 is 9.84 Å². The highest BCUT2D eigenvalue weighted by Crippen LogP contribution is 2.32. The zero-order chi connectivity index (χ0) is 14.2. The minimum atomic E-state index is -3.58. The van der Waals surface area contributed by atoms with Gasteiger partial charge in [0, 0.05) is 13.7 Å². The van der Waals surface area contributed by atoms with E-state index in [2.05, 4.69) is 0 Å². The van der Waals surface area contributed by atoms with E-state index in [1.54, 1.807) is 19.4 Å². The van der Waals surface area contributed by atoms with Crippen LogP contribution in [-0.4, -0.2) is 43.6 Å². The Hall–Kier alpha value is -0.470. The molecule has 108 valence electrons. The molecule has 0 radical (unpaired) electrons. The van der Waals surface area contributed by atoms with Crippen LogP contribution in [0.3, 0.4) is 0 Å². The fourth-order valence-electron chi connectivity index (χ4n) is 2.46. The lowest BCUT2D eigenvalue weighted by Gasteiger charge is -2.26. The number of hydrogen-bond acceptors (Lipinski definition) is 5. The van der Waals surface area contributed by atoms with Gasteiger partial charge in [0.05, 0.1) is 23.6 Å². The van der Waals surface area contributed by atoms with Crippen LogP contribution in [0.1, 0.15) is 23.8 Å². The molecule has 0 aliphatic carbocycles. The van der Waals surface area contributed by atoms with Crippen molar-refractivity contribution in [1.29, 1.82) is 0 Å². The van der Waals surface area contributed by atoms with Crippen LogP contribution in [0.15, 0.2) is 10.3 Å². The third-order valence-corrected chi connectivity index (χ3v) is 6.91. The summed E-state index contributed by atoms with van der Waals surface area (Å²) in [6.07, 6.45) is 0.602. The van der Waals surface area contributed by atoms with Crippen molar-refractivity contribution in [2.24, 2.45) is 0 Å². The van der Waals surface area contributed by atoms with Gasteiger partial charge in [-0.15, -0.1) is 11.3 Å². The van der Waals surface area contributed by atoms with Gasteiger partial charge in [0.2, 0.25) is 10.0 Å². The van der Waals surface area contributed by atoms with Crippen LogP contribution in [0, 0.1) is 6.92 Å². The van der Waals surface area contributed by atoms with Gasteiger partial charge in [0.1, 0.15) is 4.90 Å². The number of sulfonamides is 1. The van der Waals surface area contributed by atoms with Crippen LogP contribution in [0.2, 0.25) is 0 Å². The maximum atomic E-state index is 12.7. The highest BCUT2D eigenvalue weighted by Gasteiger charge is 2.37. The molecule has 2 atom stereocenters. The zero-order valence-corrected chi connectivity index (χ0v) is 12.9. The molecule has 1 N–H and O–H groups in total. The molecule has 2 rings (SSSR count). The van der Waals surface area contributed by atoms with Gasteiger partial charge in [-0.3, -0.25) is 0 Å². The van der Waals surface area contributed by atoms with E-state index in [9.17, 15) is 13.5 Å². The summed E-state index contributed by atoms with van der Waals surface area (Å²) in [5.41, 5.74) is 0.687. The zero-order valence-electron chi connectivity index (χ0n) is 11.3. The molecule has 1 aromatic rings. The van der Waals surface area contributed by atoms with Crippen molar-refractivity contribution in [2.75, 3.05) is 13.7 Å². The molecule has 2 heterocycles. The minimum Gasteiger partial charge on any atom is -0.391 e. The first-order valence-electron chi connectivity index (χ1n) is 6.17. The Morgan fingerprint density at radius 1 is 1.58 bits per heavy atom. The number of ether oxygens (including phenoxy) is 1. The second-order valence-corrected chi connectivity index (χ2v) is 7.68. The quantitative estimate of drug-likeness (QED) is 0.912. The SMILES string of the molecule is Cc1csc(CO)c1S(=O)(=O)N(C)C1CCOC1C. The number of rotatable bonds is 4. The van der Waals surface area contributed by atoms with Gasteiger partial charge in [-0.1, -0.05) is 0 Å². The molecule has 0 aromatic carbocycles. The maximum absolute atomic E-state index is 12.7. The number of thiophene rings is 1. The monoisotopic (exact) mass is 305 g/mol. The van der Waals surface area contributed by atoms with Gasteiger partial charge in [0.25, 0.3) is 0 Å². The van der Waals surface area contributed by atoms with Gasteiger partial charge in [-0.05, 0) is 31.2 Å². The maximum Gasteiger partial charge on any atom is 0.244 e. The van der Waals surface area contributed by atoms with E-state index >= 15 is 0 Å². The Morgan fingerprint density at radius 2 is 2.26 bits per heavy atom. The lowest BCUT2D eigenvalue weighted by atomic mass is 10.2. The van der Waals surface area contributed by atoms with Crippen LogP contribution < -0.4 is 0 Å². The summed E-state index contributed by atoms with van der Waals surface area (Å²) < 4.78 is 32.2. The summed E-state index contributed by atoms with van der Waals surface area (Å²) in [6, 6.07) is -0.143. The predicted molar refractivity (Wildman–Crippen MR) is 73.7 cm³/mol. The summed E-state index contributed by atoms with van der Waals surface area (Å²) in [5.74, 6) is 0. The number of aryl methyl sites for hydroxylation is 1. The van der Waals surface area contributed by atoms with Crippen molar-refractivity contribution < 1.29 is 18.3 Å². The van der Waals surface area contributed by atoms with E-state index in [4.69, 9.17) is 4.74 Å². The fraction of sp³-hybridized carbons (Fsp3) is 0.667. The lowest BCUT2D eigenvalue weighted by molar-refractivity contribution is 0.102. The van der Waals surface area contributed by atoms with E-state index < -0.39 is 10.0 Å². The predicted octanol–water partition coefficient (Wildman–Crippen LogP) is 1.35. The summed E-state index contributed by atoms with van der Waals surface area (Å²) in [7, 11) is -1.99. The van der Waals surface area contributed by atoms with Crippen LogP contribution in [-0.2, 0) is 21.4 Å². The molecule has 0 spiro atoms. The average Bonchev–Trinajstić information content (AvgIpc) is 2.94. The van der Waals surface area contributed by atoms with Crippen LogP contribution in [0.5, 0.6) is 0 Å². The summed E-state index contributed by atoms with van der Waals surface area (Å²) in [5, 5.41) is 11.1. The molecule has 1 saturated heterocycles. The first-order chi connectivity index (χ1) is 8.89. The third-order valence-electron chi connectivity index (χ3n) is 3.57. The van der Waals surface area contributed by atoms with E-state index in [1.165, 1.54) is 15.6 Å². The second-order valence-electron chi connectivity index (χ2n) is 4.78. The normalized spacial score (nSPS) is 24.3. The molecule has 19 heavy (non-hydrogen) atoms. The molecule has 5 nitrogen and oxygen atoms in total. The summed E-state index contributed by atoms with van der Waals surface area (Å²) in [6.45, 7) is 3.97. The van der Waals surface area contributed by atoms with E-state index in [1.807, 2.05) is 6.92 Å². The number of aliphatic hydroxyl groups excluding tert-OH is 1. The van der Waals surface area contributed by atoms with Crippen molar-refractivity contribution in [3.05, 3.63) is 15.8 Å². The highest BCUT2D eigenvalue weighted by atomic mass is 32.2. The molecule has 0 saturated carbocycles. The Kier molecular flexibility index (Phi) is 4.32. The molecular formula is C12H19NO4S2. The van der Waals surface area contributed by atoms with Gasteiger partial charge >= 0.3 is 0 Å². The van der Waals surface area contributed by atoms with E-state index in [0.717, 1.165) is 0 Å². The smallest absolute Gasteiger partial charge is 0.244 e. The van der Waals surface area contributed by atoms with E-state index in [0.29, 0.717) is 23.5 Å². The largest absolute Gasteiger partial charge is 0.391 e. The summed E-state index contributed by atoms with van der Waals surface area (Å²) >= 11 is 1.28. The Bertz CT molecular complexity index is 552. The highest BCUT2D eigenvalue weighted by molar-refractivity contribution is 7.89. The fourth-order valence-corrected chi connectivity index (χ4v) is 5.52. The Labute approximate surface area is 117 Å². The first-order valence-corrected chi connectivity index (χ1v) is 8.49. The van der Waals surface area contributed by atoms with Crippen LogP contribution in [0.25, 0.3) is 0 Å². The Morgan fingerprint density at radius 3 is 2.79 bits per heavy atom. The van der Waals surface area contributed by atoms with Gasteiger partial charge in [-0.25, -0.2) is 8.42 Å². The molecule has 0 bridgehead atoms. The number of nitrogens with zero attached hydrogens (tertiary/aromatic N) is 1. The van der Waals surface area contributed by atoms with Gasteiger partial charge in [-0.2, -0.15) is 4.31 Å². The van der Waals surface area contributed by atoms with Gasteiger partial charge in [0.15, 0.2) is 0 Å². The van der Waals surface area contributed by atoms with Crippen molar-refractivity contribution in [3.8, 4) is 0 Å². The second kappa shape index (κ2) is 5.49. The molecule has 2 unspecified atom stereocenters. The van der Waals surface area contributed by atoms with Crippen LogP contribution >= 0.6 is 11.3 Å². The third kappa shape index (κ3) is 2.57. The summed E-state index contributed by atoms with van der Waals surface area (Å²) in [4.78, 5) is 0.748. The van der Waals surface area contributed by atoms with Crippen molar-refractivity contribution >= 4 is 21.4 Å². The number of likely N-dealkylation sites (N-methyl/N-ethyl adjacent to an activating group) is 1. The average molecular weight is 305 g/mol. The van der Waals surface area contributed by atoms with Crippen LogP contribution in [0.4, 0.5) is 0 Å².